The van der Waals surface area contributed by atoms with E-state index in [1.807, 2.05) is 31.2 Å². The third kappa shape index (κ3) is 2.61. The molecule has 20 heavy (non-hydrogen) atoms. The van der Waals surface area contributed by atoms with E-state index >= 15 is 0 Å². The molecule has 1 N–H and O–H groups in total. The van der Waals surface area contributed by atoms with Gasteiger partial charge in [-0.25, -0.2) is 14.6 Å². The third-order valence-corrected chi connectivity index (χ3v) is 2.94. The molecule has 0 saturated carbocycles. The van der Waals surface area contributed by atoms with Crippen molar-refractivity contribution in [3.05, 3.63) is 54.4 Å². The Hall–Kier alpha value is -2.83. The fourth-order valence-electron chi connectivity index (χ4n) is 1.83. The number of rotatable bonds is 4. The van der Waals surface area contributed by atoms with Gasteiger partial charge in [0, 0.05) is 11.9 Å². The molecule has 0 spiro atoms. The number of aromatic nitrogens is 6. The number of nitrogens with zero attached hydrogens (tertiary/aromatic N) is 6. The van der Waals surface area contributed by atoms with Gasteiger partial charge >= 0.3 is 0 Å². The molecule has 0 radical (unpaired) electrons. The zero-order chi connectivity index (χ0) is 13.8. The van der Waals surface area contributed by atoms with E-state index in [9.17, 15) is 0 Å². The van der Waals surface area contributed by atoms with Gasteiger partial charge in [0.1, 0.15) is 12.7 Å². The second-order valence-electron chi connectivity index (χ2n) is 4.31. The third-order valence-electron chi connectivity index (χ3n) is 2.94. The van der Waals surface area contributed by atoms with Crippen molar-refractivity contribution in [3.8, 4) is 5.69 Å². The zero-order valence-electron chi connectivity index (χ0n) is 10.9. The molecule has 100 valence electrons. The van der Waals surface area contributed by atoms with Gasteiger partial charge in [0.25, 0.3) is 0 Å². The monoisotopic (exact) mass is 267 g/mol. The summed E-state index contributed by atoms with van der Waals surface area (Å²) in [6.45, 7) is 2.69. The van der Waals surface area contributed by atoms with Crippen LogP contribution in [-0.2, 0) is 6.54 Å². The first-order chi connectivity index (χ1) is 9.83. The molecule has 1 aromatic carbocycles. The Bertz CT molecular complexity index is 679. The molecule has 3 rings (SSSR count). The van der Waals surface area contributed by atoms with Crippen LogP contribution in [0.5, 0.6) is 0 Å². The van der Waals surface area contributed by atoms with E-state index in [1.54, 1.807) is 23.5 Å². The molecule has 0 amide bonds. The first-order valence-corrected chi connectivity index (χ1v) is 6.16. The molecule has 7 nitrogen and oxygen atoms in total. The highest BCUT2D eigenvalue weighted by Gasteiger charge is 2.03. The predicted molar refractivity (Wildman–Crippen MR) is 73.2 cm³/mol. The minimum atomic E-state index is 0.641. The van der Waals surface area contributed by atoms with Gasteiger partial charge in [0.05, 0.1) is 17.9 Å². The molecule has 0 aliphatic carbocycles. The fourth-order valence-corrected chi connectivity index (χ4v) is 1.83. The summed E-state index contributed by atoms with van der Waals surface area (Å²) in [6, 6.07) is 7.89. The number of nitrogens with one attached hydrogen (secondary N) is 1. The molecular weight excluding hydrogens is 254 g/mol. The minimum Gasteiger partial charge on any atom is -0.379 e. The number of aryl methyl sites for hydroxylation is 1. The summed E-state index contributed by atoms with van der Waals surface area (Å²) >= 11 is 0. The van der Waals surface area contributed by atoms with Crippen LogP contribution >= 0.6 is 0 Å². The van der Waals surface area contributed by atoms with Crippen LogP contribution in [0, 0.1) is 6.92 Å². The van der Waals surface area contributed by atoms with E-state index in [-0.39, 0.29) is 0 Å². The van der Waals surface area contributed by atoms with Crippen molar-refractivity contribution in [1.29, 1.82) is 0 Å². The van der Waals surface area contributed by atoms with Crippen molar-refractivity contribution >= 4 is 5.69 Å². The maximum atomic E-state index is 4.18. The van der Waals surface area contributed by atoms with Crippen molar-refractivity contribution in [2.45, 2.75) is 13.5 Å². The number of benzene rings is 1. The molecule has 0 fully saturated rings. The van der Waals surface area contributed by atoms with Gasteiger partial charge in [-0.1, -0.05) is 6.07 Å². The molecule has 0 aliphatic rings. The highest BCUT2D eigenvalue weighted by Crippen LogP contribution is 2.19. The van der Waals surface area contributed by atoms with Gasteiger partial charge in [-0.2, -0.15) is 0 Å². The average molecular weight is 267 g/mol. The summed E-state index contributed by atoms with van der Waals surface area (Å²) in [4.78, 5) is 8.09. The maximum Gasteiger partial charge on any atom is 0.143 e. The zero-order valence-corrected chi connectivity index (χ0v) is 10.9. The second kappa shape index (κ2) is 5.43. The van der Waals surface area contributed by atoms with E-state index in [0.717, 1.165) is 22.6 Å². The van der Waals surface area contributed by atoms with E-state index < -0.39 is 0 Å². The number of hydrogen-bond donors (Lipinski definition) is 1. The molecular formula is C13H13N7. The Morgan fingerprint density at radius 3 is 2.95 bits per heavy atom. The molecule has 0 bridgehead atoms. The standard InChI is InChI=1S/C13H13N7/c1-10-2-3-12(20-9-17-18-19-20)6-13(10)15-7-11-4-5-14-8-16-11/h2-6,8-9,15H,7H2,1H3. The van der Waals surface area contributed by atoms with Crippen LogP contribution in [-0.4, -0.2) is 30.2 Å². The van der Waals surface area contributed by atoms with Crippen molar-refractivity contribution in [3.63, 3.8) is 0 Å². The molecule has 0 unspecified atom stereocenters. The van der Waals surface area contributed by atoms with Crippen LogP contribution in [0.3, 0.4) is 0 Å². The summed E-state index contributed by atoms with van der Waals surface area (Å²) in [5.41, 5.74) is 4.02. The number of tetrazole rings is 1. The summed E-state index contributed by atoms with van der Waals surface area (Å²) in [6.07, 6.45) is 4.84. The topological polar surface area (TPSA) is 81.4 Å². The Balaban J connectivity index is 1.80. The smallest absolute Gasteiger partial charge is 0.143 e. The van der Waals surface area contributed by atoms with Gasteiger partial charge < -0.3 is 5.32 Å². The van der Waals surface area contributed by atoms with E-state index in [4.69, 9.17) is 0 Å². The maximum absolute atomic E-state index is 4.18. The first kappa shape index (κ1) is 12.2. The number of hydrogen-bond acceptors (Lipinski definition) is 6. The summed E-state index contributed by atoms with van der Waals surface area (Å²) in [5.74, 6) is 0. The SMILES string of the molecule is Cc1ccc(-n2cnnn2)cc1NCc1ccncn1. The van der Waals surface area contributed by atoms with Crippen LogP contribution in [0.25, 0.3) is 5.69 Å². The lowest BCUT2D eigenvalue weighted by Gasteiger charge is -2.10. The normalized spacial score (nSPS) is 10.4. The lowest BCUT2D eigenvalue weighted by molar-refractivity contribution is 0.789. The van der Waals surface area contributed by atoms with Gasteiger partial charge in [-0.15, -0.1) is 5.10 Å². The quantitative estimate of drug-likeness (QED) is 0.769. The van der Waals surface area contributed by atoms with E-state index in [2.05, 4.69) is 30.8 Å². The van der Waals surface area contributed by atoms with Crippen LogP contribution in [0.15, 0.2) is 43.1 Å². The lowest BCUT2D eigenvalue weighted by atomic mass is 10.1. The van der Waals surface area contributed by atoms with Crippen LogP contribution in [0.4, 0.5) is 5.69 Å². The summed E-state index contributed by atoms with van der Waals surface area (Å²) in [7, 11) is 0. The van der Waals surface area contributed by atoms with E-state index in [1.165, 1.54) is 0 Å². The van der Waals surface area contributed by atoms with Gasteiger partial charge in [-0.05, 0) is 41.1 Å². The Morgan fingerprint density at radius 2 is 2.20 bits per heavy atom. The highest BCUT2D eigenvalue weighted by atomic mass is 15.5. The molecule has 3 aromatic rings. The van der Waals surface area contributed by atoms with Gasteiger partial charge in [-0.3, -0.25) is 0 Å². The van der Waals surface area contributed by atoms with E-state index in [0.29, 0.717) is 6.54 Å². The predicted octanol–water partition coefficient (Wildman–Crippen LogP) is 1.37. The molecule has 2 heterocycles. The van der Waals surface area contributed by atoms with Crippen molar-refractivity contribution < 1.29 is 0 Å². The molecule has 0 atom stereocenters. The molecule has 7 heteroatoms. The molecule has 0 aliphatic heterocycles. The average Bonchev–Trinajstić information content (AvgIpc) is 3.02. The van der Waals surface area contributed by atoms with Crippen LogP contribution in [0.2, 0.25) is 0 Å². The Labute approximate surface area is 115 Å². The molecule has 2 aromatic heterocycles. The van der Waals surface area contributed by atoms with Gasteiger partial charge in [0.2, 0.25) is 0 Å². The van der Waals surface area contributed by atoms with Crippen molar-refractivity contribution in [1.82, 2.24) is 30.2 Å². The van der Waals surface area contributed by atoms with Gasteiger partial charge in [0.15, 0.2) is 0 Å². The highest BCUT2D eigenvalue weighted by molar-refractivity contribution is 5.56. The van der Waals surface area contributed by atoms with Crippen LogP contribution < -0.4 is 5.32 Å². The Kier molecular flexibility index (Phi) is 3.32. The minimum absolute atomic E-state index is 0.641. The largest absolute Gasteiger partial charge is 0.379 e. The fraction of sp³-hybridized carbons (Fsp3) is 0.154. The molecule has 0 saturated heterocycles. The lowest BCUT2D eigenvalue weighted by Crippen LogP contribution is -2.04. The van der Waals surface area contributed by atoms with Crippen molar-refractivity contribution in [2.75, 3.05) is 5.32 Å². The summed E-state index contributed by atoms with van der Waals surface area (Å²) in [5, 5.41) is 14.5. The number of anilines is 1. The summed E-state index contributed by atoms with van der Waals surface area (Å²) < 4.78 is 1.62. The second-order valence-corrected chi connectivity index (χ2v) is 4.31. The van der Waals surface area contributed by atoms with Crippen LogP contribution in [0.1, 0.15) is 11.3 Å². The van der Waals surface area contributed by atoms with Crippen molar-refractivity contribution in [2.24, 2.45) is 0 Å². The first-order valence-electron chi connectivity index (χ1n) is 6.16. The Morgan fingerprint density at radius 1 is 1.25 bits per heavy atom.